The minimum Gasteiger partial charge on any atom is -0.375 e. The van der Waals surface area contributed by atoms with Crippen LogP contribution in [0.1, 0.15) is 32.6 Å². The van der Waals surface area contributed by atoms with E-state index in [9.17, 15) is 4.79 Å². The van der Waals surface area contributed by atoms with Crippen molar-refractivity contribution in [2.45, 2.75) is 44.2 Å². The number of anilines is 1. The van der Waals surface area contributed by atoms with E-state index in [1.165, 1.54) is 0 Å². The summed E-state index contributed by atoms with van der Waals surface area (Å²) in [4.78, 5) is 23.1. The van der Waals surface area contributed by atoms with Gasteiger partial charge in [0.15, 0.2) is 0 Å². The van der Waals surface area contributed by atoms with E-state index in [2.05, 4.69) is 26.9 Å². The highest BCUT2D eigenvalue weighted by Crippen LogP contribution is 2.37. The first-order valence-electron chi connectivity index (χ1n) is 9.95. The number of ether oxygens (including phenoxy) is 1. The zero-order valence-electron chi connectivity index (χ0n) is 15.8. The molecule has 0 bridgehead atoms. The third kappa shape index (κ3) is 3.71. The summed E-state index contributed by atoms with van der Waals surface area (Å²) in [6.45, 7) is 8.48. The standard InChI is InChI=1S/C20H30N4O2/c1-17(25)22-9-6-20(7-10-22)16-18(5-15-26-20)23-11-13-24(14-12-23)19-4-2-3-8-21-19/h2-4,8,18H,5-7,9-16H2,1H3/t18-/m1/s1. The number of hydrogen-bond donors (Lipinski definition) is 0. The summed E-state index contributed by atoms with van der Waals surface area (Å²) in [5, 5.41) is 0. The van der Waals surface area contributed by atoms with E-state index < -0.39 is 0 Å². The normalized spacial score (nSPS) is 26.9. The summed E-state index contributed by atoms with van der Waals surface area (Å²) < 4.78 is 6.26. The lowest BCUT2D eigenvalue weighted by atomic mass is 9.81. The Labute approximate surface area is 156 Å². The van der Waals surface area contributed by atoms with Crippen LogP contribution in [0.3, 0.4) is 0 Å². The monoisotopic (exact) mass is 358 g/mol. The molecule has 3 fully saturated rings. The van der Waals surface area contributed by atoms with Gasteiger partial charge in [-0.2, -0.15) is 0 Å². The van der Waals surface area contributed by atoms with Crippen LogP contribution >= 0.6 is 0 Å². The molecule has 26 heavy (non-hydrogen) atoms. The van der Waals surface area contributed by atoms with Crippen molar-refractivity contribution in [1.82, 2.24) is 14.8 Å². The number of amides is 1. The molecule has 1 spiro atoms. The number of carbonyl (C=O) groups is 1. The second-order valence-electron chi connectivity index (χ2n) is 7.90. The molecule has 4 heterocycles. The average Bonchev–Trinajstić information content (AvgIpc) is 2.69. The molecule has 6 nitrogen and oxygen atoms in total. The molecule has 3 saturated heterocycles. The van der Waals surface area contributed by atoms with E-state index in [1.54, 1.807) is 6.92 Å². The Bertz CT molecular complexity index is 607. The molecule has 1 amide bonds. The van der Waals surface area contributed by atoms with Gasteiger partial charge in [0.1, 0.15) is 5.82 Å². The van der Waals surface area contributed by atoms with Crippen LogP contribution < -0.4 is 4.90 Å². The van der Waals surface area contributed by atoms with E-state index >= 15 is 0 Å². The SMILES string of the molecule is CC(=O)N1CCC2(CC1)C[C@H](N1CCN(c3ccccn3)CC1)CCO2. The van der Waals surface area contributed by atoms with Crippen LogP contribution in [0.15, 0.2) is 24.4 Å². The fourth-order valence-corrected chi connectivity index (χ4v) is 4.75. The number of hydrogen-bond acceptors (Lipinski definition) is 5. The molecule has 0 aromatic carbocycles. The number of aromatic nitrogens is 1. The summed E-state index contributed by atoms with van der Waals surface area (Å²) in [5.74, 6) is 1.28. The van der Waals surface area contributed by atoms with Crippen molar-refractivity contribution in [2.75, 3.05) is 50.8 Å². The summed E-state index contributed by atoms with van der Waals surface area (Å²) in [6.07, 6.45) is 6.08. The fourth-order valence-electron chi connectivity index (χ4n) is 4.75. The van der Waals surface area contributed by atoms with Crippen molar-refractivity contribution in [1.29, 1.82) is 0 Å². The molecular formula is C20H30N4O2. The highest BCUT2D eigenvalue weighted by molar-refractivity contribution is 5.73. The van der Waals surface area contributed by atoms with Crippen molar-refractivity contribution < 1.29 is 9.53 Å². The smallest absolute Gasteiger partial charge is 0.219 e. The van der Waals surface area contributed by atoms with Gasteiger partial charge in [0.25, 0.3) is 0 Å². The van der Waals surface area contributed by atoms with Gasteiger partial charge < -0.3 is 14.5 Å². The van der Waals surface area contributed by atoms with Gasteiger partial charge in [-0.3, -0.25) is 9.69 Å². The number of likely N-dealkylation sites (tertiary alicyclic amines) is 1. The molecule has 3 aliphatic heterocycles. The highest BCUT2D eigenvalue weighted by Gasteiger charge is 2.42. The Kier molecular flexibility index (Phi) is 5.14. The molecule has 0 saturated carbocycles. The second-order valence-corrected chi connectivity index (χ2v) is 7.90. The Morgan fingerprint density at radius 3 is 2.58 bits per heavy atom. The highest BCUT2D eigenvalue weighted by atomic mass is 16.5. The summed E-state index contributed by atoms with van der Waals surface area (Å²) >= 11 is 0. The number of piperidine rings is 1. The Hall–Kier alpha value is -1.66. The first-order chi connectivity index (χ1) is 12.7. The molecule has 142 valence electrons. The van der Waals surface area contributed by atoms with Gasteiger partial charge >= 0.3 is 0 Å². The number of nitrogens with zero attached hydrogens (tertiary/aromatic N) is 4. The van der Waals surface area contributed by atoms with E-state index in [4.69, 9.17) is 4.74 Å². The lowest BCUT2D eigenvalue weighted by Crippen LogP contribution is -2.57. The van der Waals surface area contributed by atoms with E-state index in [0.29, 0.717) is 6.04 Å². The van der Waals surface area contributed by atoms with Crippen molar-refractivity contribution in [3.8, 4) is 0 Å². The topological polar surface area (TPSA) is 48.9 Å². The van der Waals surface area contributed by atoms with Crippen molar-refractivity contribution >= 4 is 11.7 Å². The van der Waals surface area contributed by atoms with Crippen molar-refractivity contribution in [3.05, 3.63) is 24.4 Å². The predicted octanol–water partition coefficient (Wildman–Crippen LogP) is 1.76. The molecule has 1 atom stereocenters. The van der Waals surface area contributed by atoms with Gasteiger partial charge in [0.2, 0.25) is 5.91 Å². The average molecular weight is 358 g/mol. The van der Waals surface area contributed by atoms with Gasteiger partial charge in [-0.15, -0.1) is 0 Å². The van der Waals surface area contributed by atoms with Crippen LogP contribution in [0.4, 0.5) is 5.82 Å². The second kappa shape index (κ2) is 7.53. The summed E-state index contributed by atoms with van der Waals surface area (Å²) in [5.41, 5.74) is -0.00696. The van der Waals surface area contributed by atoms with Crippen LogP contribution in [-0.4, -0.2) is 78.2 Å². The van der Waals surface area contributed by atoms with Gasteiger partial charge in [-0.25, -0.2) is 4.98 Å². The lowest BCUT2D eigenvalue weighted by molar-refractivity contribution is -0.147. The molecule has 0 N–H and O–H groups in total. The third-order valence-corrected chi connectivity index (χ3v) is 6.39. The predicted molar refractivity (Wildman–Crippen MR) is 101 cm³/mol. The quantitative estimate of drug-likeness (QED) is 0.806. The van der Waals surface area contributed by atoms with Crippen molar-refractivity contribution in [3.63, 3.8) is 0 Å². The fraction of sp³-hybridized carbons (Fsp3) is 0.700. The maximum atomic E-state index is 11.6. The molecule has 1 aromatic rings. The minimum absolute atomic E-state index is 0.00696. The van der Waals surface area contributed by atoms with E-state index in [1.807, 2.05) is 17.2 Å². The minimum atomic E-state index is -0.00696. The molecule has 6 heteroatoms. The number of carbonyl (C=O) groups excluding carboxylic acids is 1. The Balaban J connectivity index is 1.32. The van der Waals surface area contributed by atoms with Crippen LogP contribution in [0.2, 0.25) is 0 Å². The van der Waals surface area contributed by atoms with Crippen LogP contribution in [0, 0.1) is 0 Å². The number of piperazine rings is 1. The van der Waals surface area contributed by atoms with E-state index in [0.717, 1.165) is 77.4 Å². The largest absolute Gasteiger partial charge is 0.375 e. The first-order valence-corrected chi connectivity index (χ1v) is 9.95. The third-order valence-electron chi connectivity index (χ3n) is 6.39. The molecule has 1 aromatic heterocycles. The zero-order chi connectivity index (χ0) is 18.0. The Morgan fingerprint density at radius 1 is 1.15 bits per heavy atom. The van der Waals surface area contributed by atoms with Crippen LogP contribution in [0.25, 0.3) is 0 Å². The first kappa shape index (κ1) is 17.7. The molecule has 0 radical (unpaired) electrons. The van der Waals surface area contributed by atoms with Crippen LogP contribution in [0.5, 0.6) is 0 Å². The zero-order valence-corrected chi connectivity index (χ0v) is 15.8. The van der Waals surface area contributed by atoms with E-state index in [-0.39, 0.29) is 11.5 Å². The number of rotatable bonds is 2. The maximum Gasteiger partial charge on any atom is 0.219 e. The van der Waals surface area contributed by atoms with Gasteiger partial charge in [-0.05, 0) is 37.8 Å². The molecule has 0 aliphatic carbocycles. The van der Waals surface area contributed by atoms with Crippen LogP contribution in [-0.2, 0) is 9.53 Å². The molecular weight excluding hydrogens is 328 g/mol. The summed E-state index contributed by atoms with van der Waals surface area (Å²) in [7, 11) is 0. The van der Waals surface area contributed by atoms with Gasteiger partial charge in [-0.1, -0.05) is 6.07 Å². The molecule has 0 unspecified atom stereocenters. The summed E-state index contributed by atoms with van der Waals surface area (Å²) in [6, 6.07) is 6.74. The van der Waals surface area contributed by atoms with Crippen molar-refractivity contribution in [2.24, 2.45) is 0 Å². The molecule has 3 aliphatic rings. The Morgan fingerprint density at radius 2 is 1.92 bits per heavy atom. The number of pyridine rings is 1. The van der Waals surface area contributed by atoms with Gasteiger partial charge in [0.05, 0.1) is 5.60 Å². The molecule has 4 rings (SSSR count). The lowest BCUT2D eigenvalue weighted by Gasteiger charge is -2.49. The van der Waals surface area contributed by atoms with Gasteiger partial charge in [0, 0.05) is 65.0 Å². The maximum absolute atomic E-state index is 11.6.